The summed E-state index contributed by atoms with van der Waals surface area (Å²) in [5.41, 5.74) is 0.162. The summed E-state index contributed by atoms with van der Waals surface area (Å²) in [5.74, 6) is -0.0371. The standard InChI is InChI=1S/C7H9N5O/c1-5-7(13)6(3-8)4-10-12(5)11-9-2/h4-5,13H,1-2H3/b11-9-. The molecule has 1 rings (SSSR count). The molecule has 1 heterocycles. The van der Waals surface area contributed by atoms with Gasteiger partial charge in [-0.15, -0.1) is 0 Å². The average Bonchev–Trinajstić information content (AvgIpc) is 2.14. The van der Waals surface area contributed by atoms with E-state index in [0.29, 0.717) is 0 Å². The van der Waals surface area contributed by atoms with Crippen molar-refractivity contribution in [2.75, 3.05) is 7.05 Å². The summed E-state index contributed by atoms with van der Waals surface area (Å²) < 4.78 is 0. The van der Waals surface area contributed by atoms with Crippen molar-refractivity contribution in [3.05, 3.63) is 11.3 Å². The summed E-state index contributed by atoms with van der Waals surface area (Å²) in [6.45, 7) is 1.68. The van der Waals surface area contributed by atoms with E-state index in [1.165, 1.54) is 18.4 Å². The summed E-state index contributed by atoms with van der Waals surface area (Å²) in [6.07, 6.45) is 1.25. The Kier molecular flexibility index (Phi) is 2.59. The van der Waals surface area contributed by atoms with Crippen LogP contribution in [0.4, 0.5) is 0 Å². The first-order valence-electron chi connectivity index (χ1n) is 3.67. The number of hydrazone groups is 1. The largest absolute Gasteiger partial charge is 0.509 e. The fourth-order valence-electron chi connectivity index (χ4n) is 0.896. The lowest BCUT2D eigenvalue weighted by Gasteiger charge is -2.22. The Morgan fingerprint density at radius 1 is 1.77 bits per heavy atom. The van der Waals surface area contributed by atoms with Crippen LogP contribution >= 0.6 is 0 Å². The zero-order chi connectivity index (χ0) is 9.84. The molecule has 0 spiro atoms. The third kappa shape index (κ3) is 1.64. The number of rotatable bonds is 1. The summed E-state index contributed by atoms with van der Waals surface area (Å²) in [5, 5.41) is 30.2. The van der Waals surface area contributed by atoms with Crippen LogP contribution in [0.5, 0.6) is 0 Å². The molecule has 6 nitrogen and oxygen atoms in total. The Morgan fingerprint density at radius 3 is 3.00 bits per heavy atom. The van der Waals surface area contributed by atoms with Gasteiger partial charge in [0, 0.05) is 0 Å². The molecule has 6 heteroatoms. The highest BCUT2D eigenvalue weighted by Gasteiger charge is 2.22. The molecule has 0 fully saturated rings. The first kappa shape index (κ1) is 9.19. The maximum absolute atomic E-state index is 9.46. The second-order valence-corrected chi connectivity index (χ2v) is 2.44. The molecule has 1 N–H and O–H groups in total. The molecule has 1 atom stereocenters. The SMILES string of the molecule is C/N=N\N1N=CC(C#N)=C(O)C1C. The monoisotopic (exact) mass is 179 g/mol. The molecular weight excluding hydrogens is 170 g/mol. The summed E-state index contributed by atoms with van der Waals surface area (Å²) in [4.78, 5) is 0. The molecule has 68 valence electrons. The van der Waals surface area contributed by atoms with Crippen molar-refractivity contribution >= 4 is 6.21 Å². The highest BCUT2D eigenvalue weighted by molar-refractivity contribution is 5.85. The van der Waals surface area contributed by atoms with Gasteiger partial charge in [0.2, 0.25) is 0 Å². The molecule has 0 saturated heterocycles. The predicted molar refractivity (Wildman–Crippen MR) is 45.8 cm³/mol. The number of hydrogen-bond acceptors (Lipinski definition) is 5. The number of aliphatic hydroxyl groups excluding tert-OH is 1. The molecule has 0 aliphatic carbocycles. The van der Waals surface area contributed by atoms with Crippen LogP contribution in [0.25, 0.3) is 0 Å². The van der Waals surface area contributed by atoms with Crippen molar-refractivity contribution in [3.8, 4) is 6.07 Å². The lowest BCUT2D eigenvalue weighted by molar-refractivity contribution is 0.182. The van der Waals surface area contributed by atoms with E-state index in [9.17, 15) is 5.11 Å². The number of aliphatic hydroxyl groups is 1. The van der Waals surface area contributed by atoms with E-state index in [2.05, 4.69) is 15.4 Å². The van der Waals surface area contributed by atoms with Gasteiger partial charge in [0.15, 0.2) is 0 Å². The van der Waals surface area contributed by atoms with E-state index in [0.717, 1.165) is 0 Å². The molecule has 1 unspecified atom stereocenters. The number of nitrogens with zero attached hydrogens (tertiary/aromatic N) is 5. The third-order valence-corrected chi connectivity index (χ3v) is 1.62. The van der Waals surface area contributed by atoms with E-state index < -0.39 is 6.04 Å². The van der Waals surface area contributed by atoms with Crippen molar-refractivity contribution in [3.63, 3.8) is 0 Å². The van der Waals surface area contributed by atoms with E-state index in [-0.39, 0.29) is 11.3 Å². The normalized spacial score (nSPS) is 22.5. The third-order valence-electron chi connectivity index (χ3n) is 1.62. The zero-order valence-corrected chi connectivity index (χ0v) is 7.34. The Labute approximate surface area is 75.5 Å². The second kappa shape index (κ2) is 3.67. The van der Waals surface area contributed by atoms with Gasteiger partial charge in [0.25, 0.3) is 0 Å². The van der Waals surface area contributed by atoms with Gasteiger partial charge in [-0.2, -0.15) is 20.6 Å². The Bertz CT molecular complexity index is 324. The van der Waals surface area contributed by atoms with Gasteiger partial charge in [-0.3, -0.25) is 0 Å². The lowest BCUT2D eigenvalue weighted by Crippen LogP contribution is -2.29. The van der Waals surface area contributed by atoms with Gasteiger partial charge in [-0.05, 0) is 6.92 Å². The van der Waals surface area contributed by atoms with Gasteiger partial charge in [0.1, 0.15) is 23.4 Å². The van der Waals surface area contributed by atoms with Crippen LogP contribution in [0.2, 0.25) is 0 Å². The minimum atomic E-state index is -0.441. The van der Waals surface area contributed by atoms with Crippen LogP contribution in [-0.2, 0) is 0 Å². The van der Waals surface area contributed by atoms with Crippen LogP contribution in [-0.4, -0.2) is 29.5 Å². The smallest absolute Gasteiger partial charge is 0.138 e. The number of nitriles is 1. The van der Waals surface area contributed by atoms with Crippen molar-refractivity contribution in [2.45, 2.75) is 13.0 Å². The number of allylic oxidation sites excluding steroid dienone is 1. The van der Waals surface area contributed by atoms with E-state index in [1.54, 1.807) is 6.92 Å². The van der Waals surface area contributed by atoms with E-state index in [1.807, 2.05) is 6.07 Å². The molecule has 13 heavy (non-hydrogen) atoms. The first-order chi connectivity index (χ1) is 6.20. The van der Waals surface area contributed by atoms with Gasteiger partial charge < -0.3 is 5.11 Å². The number of hydrogen-bond donors (Lipinski definition) is 1. The summed E-state index contributed by atoms with van der Waals surface area (Å²) >= 11 is 0. The molecule has 0 aromatic heterocycles. The maximum Gasteiger partial charge on any atom is 0.138 e. The van der Waals surface area contributed by atoms with Crippen molar-refractivity contribution < 1.29 is 5.11 Å². The van der Waals surface area contributed by atoms with Crippen LogP contribution in [0.3, 0.4) is 0 Å². The minimum Gasteiger partial charge on any atom is -0.509 e. The maximum atomic E-state index is 9.46. The minimum absolute atomic E-state index is 0.0371. The van der Waals surface area contributed by atoms with Crippen LogP contribution in [0.15, 0.2) is 26.8 Å². The van der Waals surface area contributed by atoms with Gasteiger partial charge >= 0.3 is 0 Å². The molecule has 1 aliphatic heterocycles. The molecular formula is C7H9N5O. The van der Waals surface area contributed by atoms with Crippen LogP contribution < -0.4 is 0 Å². The molecule has 0 amide bonds. The van der Waals surface area contributed by atoms with Crippen molar-refractivity contribution in [1.29, 1.82) is 5.26 Å². The highest BCUT2D eigenvalue weighted by atomic mass is 16.3. The molecule has 1 aliphatic rings. The van der Waals surface area contributed by atoms with Gasteiger partial charge in [-0.25, -0.2) is 0 Å². The average molecular weight is 179 g/mol. The summed E-state index contributed by atoms with van der Waals surface area (Å²) in [7, 11) is 1.50. The van der Waals surface area contributed by atoms with E-state index in [4.69, 9.17) is 5.26 Å². The van der Waals surface area contributed by atoms with Gasteiger partial charge in [-0.1, -0.05) is 5.22 Å². The van der Waals surface area contributed by atoms with Crippen molar-refractivity contribution in [2.24, 2.45) is 15.4 Å². The fourth-order valence-corrected chi connectivity index (χ4v) is 0.896. The first-order valence-corrected chi connectivity index (χ1v) is 3.67. The van der Waals surface area contributed by atoms with Crippen LogP contribution in [0, 0.1) is 11.3 Å². The van der Waals surface area contributed by atoms with Crippen LogP contribution in [0.1, 0.15) is 6.92 Å². The van der Waals surface area contributed by atoms with Crippen molar-refractivity contribution in [1.82, 2.24) is 5.12 Å². The molecule has 0 radical (unpaired) electrons. The summed E-state index contributed by atoms with van der Waals surface area (Å²) in [6, 6.07) is 1.39. The molecule has 0 bridgehead atoms. The fraction of sp³-hybridized carbons (Fsp3) is 0.429. The molecule has 0 saturated carbocycles. The molecule has 0 aromatic rings. The van der Waals surface area contributed by atoms with E-state index >= 15 is 0 Å². The lowest BCUT2D eigenvalue weighted by atomic mass is 10.1. The van der Waals surface area contributed by atoms with Gasteiger partial charge in [0.05, 0.1) is 13.3 Å². The Hall–Kier alpha value is -1.90. The second-order valence-electron chi connectivity index (χ2n) is 2.44. The topological polar surface area (TPSA) is 84.3 Å². The molecule has 0 aromatic carbocycles. The highest BCUT2D eigenvalue weighted by Crippen LogP contribution is 2.16. The quantitative estimate of drug-likeness (QED) is 0.609. The predicted octanol–water partition coefficient (Wildman–Crippen LogP) is 1.01. The zero-order valence-electron chi connectivity index (χ0n) is 7.34. The Balaban J connectivity index is 2.94. The Morgan fingerprint density at radius 2 is 2.46 bits per heavy atom.